The number of nitro groups is 2. The van der Waals surface area contributed by atoms with Crippen molar-refractivity contribution in [3.8, 4) is 0 Å². The normalized spacial score (nSPS) is 10.7. The van der Waals surface area contributed by atoms with E-state index >= 15 is 0 Å². The third kappa shape index (κ3) is 2.61. The Labute approximate surface area is 131 Å². The number of hydrogen-bond donors (Lipinski definition) is 0. The van der Waals surface area contributed by atoms with Crippen LogP contribution in [0.2, 0.25) is 0 Å². The van der Waals surface area contributed by atoms with Gasteiger partial charge in [-0.2, -0.15) is 0 Å². The van der Waals surface area contributed by atoms with E-state index in [0.717, 1.165) is 28.0 Å². The Hall–Kier alpha value is -2.59. The third-order valence-corrected chi connectivity index (χ3v) is 4.69. The molecule has 110 valence electrons. The average Bonchev–Trinajstić information content (AvgIpc) is 2.96. The molecule has 2 heterocycles. The van der Waals surface area contributed by atoms with Crippen LogP contribution in [0.1, 0.15) is 0 Å². The molecule has 1 aromatic carbocycles. The molecule has 0 amide bonds. The summed E-state index contributed by atoms with van der Waals surface area (Å²) in [6.07, 6.45) is 1.39. The van der Waals surface area contributed by atoms with Crippen molar-refractivity contribution in [2.45, 2.75) is 9.92 Å². The van der Waals surface area contributed by atoms with Gasteiger partial charge in [0, 0.05) is 11.5 Å². The molecule has 0 aliphatic heterocycles. The maximum absolute atomic E-state index is 11.1. The molecule has 0 atom stereocenters. The van der Waals surface area contributed by atoms with E-state index in [1.165, 1.54) is 29.8 Å². The van der Waals surface area contributed by atoms with Crippen molar-refractivity contribution in [3.63, 3.8) is 0 Å². The molecule has 0 radical (unpaired) electrons. The highest BCUT2D eigenvalue weighted by atomic mass is 32.2. The van der Waals surface area contributed by atoms with Crippen molar-refractivity contribution in [1.29, 1.82) is 0 Å². The summed E-state index contributed by atoms with van der Waals surface area (Å²) in [7, 11) is 0. The summed E-state index contributed by atoms with van der Waals surface area (Å²) >= 11 is 2.53. The molecule has 0 fully saturated rings. The molecule has 10 heteroatoms. The maximum atomic E-state index is 11.1. The van der Waals surface area contributed by atoms with Crippen LogP contribution in [0.5, 0.6) is 0 Å². The van der Waals surface area contributed by atoms with E-state index in [9.17, 15) is 20.2 Å². The first kappa shape index (κ1) is 14.4. The first-order chi connectivity index (χ1) is 10.6. The van der Waals surface area contributed by atoms with Gasteiger partial charge in [-0.1, -0.05) is 11.8 Å². The van der Waals surface area contributed by atoms with Crippen LogP contribution in [0.15, 0.2) is 45.9 Å². The van der Waals surface area contributed by atoms with Gasteiger partial charge in [0.25, 0.3) is 11.4 Å². The number of rotatable bonds is 4. The van der Waals surface area contributed by atoms with Gasteiger partial charge in [0.1, 0.15) is 16.2 Å². The van der Waals surface area contributed by atoms with Gasteiger partial charge in [-0.25, -0.2) is 9.97 Å². The van der Waals surface area contributed by atoms with Gasteiger partial charge in [0.15, 0.2) is 0 Å². The molecule has 0 spiro atoms. The highest BCUT2D eigenvalue weighted by Crippen LogP contribution is 2.38. The van der Waals surface area contributed by atoms with Crippen LogP contribution in [0.3, 0.4) is 0 Å². The minimum atomic E-state index is -0.663. The quantitative estimate of drug-likeness (QED) is 0.406. The van der Waals surface area contributed by atoms with Crippen molar-refractivity contribution in [2.75, 3.05) is 0 Å². The summed E-state index contributed by atoms with van der Waals surface area (Å²) in [6.45, 7) is 0. The van der Waals surface area contributed by atoms with E-state index in [2.05, 4.69) is 9.97 Å². The topological polar surface area (TPSA) is 112 Å². The fourth-order valence-electron chi connectivity index (χ4n) is 1.80. The van der Waals surface area contributed by atoms with Crippen LogP contribution < -0.4 is 0 Å². The molecule has 8 nitrogen and oxygen atoms in total. The molecule has 0 aliphatic rings. The molecule has 0 N–H and O–H groups in total. The standard InChI is InChI=1S/C12H6N4O4S2/c17-15(18)7-1-2-10(9(5-7)16(19)20)22-12-8-3-4-21-11(8)13-6-14-12/h1-6H. The van der Waals surface area contributed by atoms with Crippen LogP contribution in [0.25, 0.3) is 10.2 Å². The van der Waals surface area contributed by atoms with Gasteiger partial charge in [-0.05, 0) is 17.5 Å². The fraction of sp³-hybridized carbons (Fsp3) is 0. The van der Waals surface area contributed by atoms with E-state index in [1.54, 1.807) is 0 Å². The van der Waals surface area contributed by atoms with Crippen LogP contribution in [0, 0.1) is 20.2 Å². The molecule has 0 bridgehead atoms. The second-order valence-electron chi connectivity index (χ2n) is 4.09. The zero-order chi connectivity index (χ0) is 15.7. The van der Waals surface area contributed by atoms with Gasteiger partial charge in [0.2, 0.25) is 0 Å². The lowest BCUT2D eigenvalue weighted by Gasteiger charge is -2.03. The van der Waals surface area contributed by atoms with Crippen molar-refractivity contribution in [3.05, 3.63) is 56.2 Å². The Kier molecular flexibility index (Phi) is 3.69. The molecule has 0 unspecified atom stereocenters. The van der Waals surface area contributed by atoms with E-state index in [-0.39, 0.29) is 11.4 Å². The predicted octanol–water partition coefficient (Wildman–Crippen LogP) is 3.66. The smallest absolute Gasteiger partial charge is 0.258 e. The summed E-state index contributed by atoms with van der Waals surface area (Å²) in [5, 5.41) is 25.1. The maximum Gasteiger partial charge on any atom is 0.290 e. The van der Waals surface area contributed by atoms with Gasteiger partial charge in [0.05, 0.1) is 20.8 Å². The molecular formula is C12H6N4O4S2. The Morgan fingerprint density at radius 3 is 2.64 bits per heavy atom. The fourth-order valence-corrected chi connectivity index (χ4v) is 3.56. The molecule has 3 aromatic rings. The largest absolute Gasteiger partial charge is 0.290 e. The molecule has 0 saturated heterocycles. The number of hydrogen-bond acceptors (Lipinski definition) is 8. The number of fused-ring (bicyclic) bond motifs is 1. The lowest BCUT2D eigenvalue weighted by molar-refractivity contribution is -0.396. The lowest BCUT2D eigenvalue weighted by atomic mass is 10.3. The van der Waals surface area contributed by atoms with Gasteiger partial charge >= 0.3 is 0 Å². The third-order valence-electron chi connectivity index (χ3n) is 2.78. The van der Waals surface area contributed by atoms with Crippen LogP contribution >= 0.6 is 23.1 Å². The zero-order valence-corrected chi connectivity index (χ0v) is 12.3. The monoisotopic (exact) mass is 334 g/mol. The number of nitro benzene ring substituents is 2. The first-order valence-corrected chi connectivity index (χ1v) is 7.55. The van der Waals surface area contributed by atoms with E-state index in [0.29, 0.717) is 9.92 Å². The van der Waals surface area contributed by atoms with Crippen molar-refractivity contribution in [1.82, 2.24) is 9.97 Å². The molecular weight excluding hydrogens is 328 g/mol. The Balaban J connectivity index is 2.07. The minimum absolute atomic E-state index is 0.293. The van der Waals surface area contributed by atoms with E-state index < -0.39 is 9.85 Å². The average molecular weight is 334 g/mol. The second-order valence-corrected chi connectivity index (χ2v) is 6.01. The highest BCUT2D eigenvalue weighted by molar-refractivity contribution is 7.99. The second kappa shape index (κ2) is 5.66. The van der Waals surface area contributed by atoms with Crippen molar-refractivity contribution in [2.24, 2.45) is 0 Å². The highest BCUT2D eigenvalue weighted by Gasteiger charge is 2.21. The molecule has 0 aliphatic carbocycles. The molecule has 2 aromatic heterocycles. The molecule has 0 saturated carbocycles. The summed E-state index contributed by atoms with van der Waals surface area (Å²) < 4.78 is 0. The minimum Gasteiger partial charge on any atom is -0.258 e. The van der Waals surface area contributed by atoms with Crippen LogP contribution in [0.4, 0.5) is 11.4 Å². The van der Waals surface area contributed by atoms with Gasteiger partial charge in [-0.15, -0.1) is 11.3 Å². The zero-order valence-electron chi connectivity index (χ0n) is 10.7. The number of benzene rings is 1. The Bertz CT molecular complexity index is 896. The number of thiophene rings is 1. The Morgan fingerprint density at radius 1 is 1.09 bits per heavy atom. The summed E-state index contributed by atoms with van der Waals surface area (Å²) in [4.78, 5) is 29.9. The number of aromatic nitrogens is 2. The van der Waals surface area contributed by atoms with Crippen LogP contribution in [-0.4, -0.2) is 19.8 Å². The van der Waals surface area contributed by atoms with Gasteiger partial charge in [-0.3, -0.25) is 20.2 Å². The molecule has 22 heavy (non-hydrogen) atoms. The number of nitrogens with zero attached hydrogens (tertiary/aromatic N) is 4. The predicted molar refractivity (Wildman–Crippen MR) is 81.3 cm³/mol. The van der Waals surface area contributed by atoms with Crippen molar-refractivity contribution >= 4 is 44.7 Å². The Morgan fingerprint density at radius 2 is 1.91 bits per heavy atom. The van der Waals surface area contributed by atoms with E-state index in [4.69, 9.17) is 0 Å². The summed E-state index contributed by atoms with van der Waals surface area (Å²) in [6, 6.07) is 5.39. The van der Waals surface area contributed by atoms with E-state index in [1.807, 2.05) is 11.4 Å². The van der Waals surface area contributed by atoms with Gasteiger partial charge < -0.3 is 0 Å². The molecule has 3 rings (SSSR count). The lowest BCUT2D eigenvalue weighted by Crippen LogP contribution is -1.95. The first-order valence-electron chi connectivity index (χ1n) is 5.85. The number of non-ortho nitro benzene ring substituents is 1. The summed E-state index contributed by atoms with van der Waals surface area (Å²) in [5.41, 5.74) is -0.638. The SMILES string of the molecule is O=[N+]([O-])c1ccc(Sc2ncnc3sccc23)c([N+](=O)[O-])c1. The summed E-state index contributed by atoms with van der Waals surface area (Å²) in [5.74, 6) is 0. The van der Waals surface area contributed by atoms with Crippen LogP contribution in [-0.2, 0) is 0 Å². The van der Waals surface area contributed by atoms with Crippen molar-refractivity contribution < 1.29 is 9.85 Å².